The minimum atomic E-state index is 0. The molecule has 0 heterocycles. The third-order valence-electron chi connectivity index (χ3n) is 2.24. The average Bonchev–Trinajstić information content (AvgIpc) is 2.44. The van der Waals surface area contributed by atoms with Crippen molar-refractivity contribution in [3.8, 4) is 0 Å². The number of nitrogens with one attached hydrogen (secondary N) is 1. The Kier molecular flexibility index (Phi) is 2.97. The van der Waals surface area contributed by atoms with Crippen LogP contribution in [0.3, 0.4) is 0 Å². The molecule has 9 heavy (non-hydrogen) atoms. The number of hydrogen-bond acceptors (Lipinski definition) is 1. The predicted molar refractivity (Wildman–Crippen MR) is 43.1 cm³/mol. The number of halogens is 1. The van der Waals surface area contributed by atoms with Gasteiger partial charge in [0.25, 0.3) is 0 Å². The smallest absolute Gasteiger partial charge is 0.0150 e. The fraction of sp³-hybridized carbons (Fsp3) is 1.00. The number of hydrogen-bond donors (Lipinski definition) is 1. The third-order valence-corrected chi connectivity index (χ3v) is 2.24. The van der Waals surface area contributed by atoms with E-state index in [2.05, 4.69) is 19.2 Å². The van der Waals surface area contributed by atoms with Crippen molar-refractivity contribution >= 4 is 12.4 Å². The molecule has 2 heteroatoms. The number of rotatable bonds is 2. The summed E-state index contributed by atoms with van der Waals surface area (Å²) in [4.78, 5) is 0. The predicted octanol–water partition coefficient (Wildman–Crippen LogP) is 1.82. The summed E-state index contributed by atoms with van der Waals surface area (Å²) in [5.74, 6) is 0.951. The van der Waals surface area contributed by atoms with Crippen LogP contribution in [0.2, 0.25) is 0 Å². The van der Waals surface area contributed by atoms with E-state index >= 15 is 0 Å². The van der Waals surface area contributed by atoms with Crippen LogP contribution in [0.15, 0.2) is 0 Å². The largest absolute Gasteiger partial charge is 0.315 e. The first kappa shape index (κ1) is 9.25. The SMILES string of the molecule is CNC(C)(C)C1CC1.Cl. The molecule has 0 unspecified atom stereocenters. The van der Waals surface area contributed by atoms with E-state index in [-0.39, 0.29) is 12.4 Å². The zero-order chi connectivity index (χ0) is 6.20. The fourth-order valence-electron chi connectivity index (χ4n) is 1.01. The van der Waals surface area contributed by atoms with Crippen molar-refractivity contribution in [1.29, 1.82) is 0 Å². The van der Waals surface area contributed by atoms with Gasteiger partial charge in [0.05, 0.1) is 0 Å². The maximum Gasteiger partial charge on any atom is 0.0150 e. The molecule has 0 saturated heterocycles. The lowest BCUT2D eigenvalue weighted by Crippen LogP contribution is -2.38. The van der Waals surface area contributed by atoms with Gasteiger partial charge in [-0.25, -0.2) is 0 Å². The molecule has 0 radical (unpaired) electrons. The standard InChI is InChI=1S/C7H15N.ClH/c1-7(2,8-3)6-4-5-6;/h6,8H,4-5H2,1-3H3;1H. The van der Waals surface area contributed by atoms with Gasteiger partial charge in [-0.2, -0.15) is 0 Å². The van der Waals surface area contributed by atoms with Crippen molar-refractivity contribution in [3.05, 3.63) is 0 Å². The first-order chi connectivity index (χ1) is 3.67. The second-order valence-corrected chi connectivity index (χ2v) is 3.25. The molecular formula is C7H16ClN. The first-order valence-corrected chi connectivity index (χ1v) is 3.36. The summed E-state index contributed by atoms with van der Waals surface area (Å²) in [6, 6.07) is 0. The topological polar surface area (TPSA) is 12.0 Å². The Hall–Kier alpha value is 0.250. The molecule has 0 spiro atoms. The van der Waals surface area contributed by atoms with Crippen LogP contribution in [0.4, 0.5) is 0 Å². The molecule has 1 N–H and O–H groups in total. The Bertz CT molecular complexity index is 86.9. The van der Waals surface area contributed by atoms with Crippen molar-refractivity contribution in [1.82, 2.24) is 5.32 Å². The maximum atomic E-state index is 3.30. The van der Waals surface area contributed by atoms with E-state index in [1.54, 1.807) is 0 Å². The van der Waals surface area contributed by atoms with E-state index in [9.17, 15) is 0 Å². The van der Waals surface area contributed by atoms with E-state index in [0.717, 1.165) is 5.92 Å². The molecule has 1 nitrogen and oxygen atoms in total. The summed E-state index contributed by atoms with van der Waals surface area (Å²) >= 11 is 0. The summed E-state index contributed by atoms with van der Waals surface area (Å²) in [7, 11) is 2.04. The molecule has 0 aliphatic heterocycles. The Balaban J connectivity index is 0.000000640. The Morgan fingerprint density at radius 1 is 1.33 bits per heavy atom. The van der Waals surface area contributed by atoms with Crippen LogP contribution >= 0.6 is 12.4 Å². The van der Waals surface area contributed by atoms with Gasteiger partial charge >= 0.3 is 0 Å². The lowest BCUT2D eigenvalue weighted by atomic mass is 10.00. The van der Waals surface area contributed by atoms with Crippen LogP contribution in [0.25, 0.3) is 0 Å². The average molecular weight is 150 g/mol. The molecular weight excluding hydrogens is 134 g/mol. The Morgan fingerprint density at radius 2 is 1.78 bits per heavy atom. The molecule has 0 amide bonds. The highest BCUT2D eigenvalue weighted by Gasteiger charge is 2.35. The van der Waals surface area contributed by atoms with E-state index in [1.807, 2.05) is 7.05 Å². The fourth-order valence-corrected chi connectivity index (χ4v) is 1.01. The van der Waals surface area contributed by atoms with Gasteiger partial charge in [0.2, 0.25) is 0 Å². The second kappa shape index (κ2) is 2.89. The summed E-state index contributed by atoms with van der Waals surface area (Å²) in [6.07, 6.45) is 2.85. The van der Waals surface area contributed by atoms with Crippen LogP contribution in [-0.4, -0.2) is 12.6 Å². The second-order valence-electron chi connectivity index (χ2n) is 3.25. The summed E-state index contributed by atoms with van der Waals surface area (Å²) in [5.41, 5.74) is 0.403. The molecule has 0 aromatic carbocycles. The van der Waals surface area contributed by atoms with Crippen molar-refractivity contribution < 1.29 is 0 Å². The quantitative estimate of drug-likeness (QED) is 0.632. The summed E-state index contributed by atoms with van der Waals surface area (Å²) in [6.45, 7) is 4.54. The van der Waals surface area contributed by atoms with Gasteiger partial charge in [0.1, 0.15) is 0 Å². The highest BCUT2D eigenvalue weighted by Crippen LogP contribution is 2.38. The van der Waals surface area contributed by atoms with E-state index in [1.165, 1.54) is 12.8 Å². The molecule has 1 aliphatic rings. The molecule has 56 valence electrons. The minimum Gasteiger partial charge on any atom is -0.315 e. The Labute approximate surface area is 63.6 Å². The van der Waals surface area contributed by atoms with Crippen molar-refractivity contribution in [3.63, 3.8) is 0 Å². The van der Waals surface area contributed by atoms with E-state index in [4.69, 9.17) is 0 Å². The van der Waals surface area contributed by atoms with Crippen LogP contribution in [-0.2, 0) is 0 Å². The van der Waals surface area contributed by atoms with Gasteiger partial charge in [-0.3, -0.25) is 0 Å². The third kappa shape index (κ3) is 2.15. The normalized spacial score (nSPS) is 19.0. The van der Waals surface area contributed by atoms with Gasteiger partial charge in [0.15, 0.2) is 0 Å². The van der Waals surface area contributed by atoms with Gasteiger partial charge in [-0.05, 0) is 39.7 Å². The molecule has 1 saturated carbocycles. The van der Waals surface area contributed by atoms with E-state index < -0.39 is 0 Å². The lowest BCUT2D eigenvalue weighted by molar-refractivity contribution is 0.371. The monoisotopic (exact) mass is 149 g/mol. The minimum absolute atomic E-state index is 0. The zero-order valence-corrected chi connectivity index (χ0v) is 7.22. The highest BCUT2D eigenvalue weighted by atomic mass is 35.5. The van der Waals surface area contributed by atoms with Crippen LogP contribution in [0.5, 0.6) is 0 Å². The molecule has 0 aromatic rings. The molecule has 0 aromatic heterocycles. The Morgan fingerprint density at radius 3 is 1.89 bits per heavy atom. The molecule has 0 atom stereocenters. The molecule has 1 aliphatic carbocycles. The van der Waals surface area contributed by atoms with Gasteiger partial charge < -0.3 is 5.32 Å². The van der Waals surface area contributed by atoms with E-state index in [0.29, 0.717) is 5.54 Å². The van der Waals surface area contributed by atoms with Crippen LogP contribution in [0, 0.1) is 5.92 Å². The first-order valence-electron chi connectivity index (χ1n) is 3.36. The molecule has 1 rings (SSSR count). The zero-order valence-electron chi connectivity index (χ0n) is 6.40. The van der Waals surface area contributed by atoms with Gasteiger partial charge in [-0.1, -0.05) is 0 Å². The lowest BCUT2D eigenvalue weighted by Gasteiger charge is -2.22. The van der Waals surface area contributed by atoms with Crippen LogP contribution < -0.4 is 5.32 Å². The van der Waals surface area contributed by atoms with Crippen molar-refractivity contribution in [2.75, 3.05) is 7.05 Å². The molecule has 1 fully saturated rings. The molecule has 0 bridgehead atoms. The van der Waals surface area contributed by atoms with Gasteiger partial charge in [0, 0.05) is 5.54 Å². The summed E-state index contributed by atoms with van der Waals surface area (Å²) in [5, 5.41) is 3.30. The summed E-state index contributed by atoms with van der Waals surface area (Å²) < 4.78 is 0. The van der Waals surface area contributed by atoms with Crippen molar-refractivity contribution in [2.45, 2.75) is 32.2 Å². The van der Waals surface area contributed by atoms with Crippen LogP contribution in [0.1, 0.15) is 26.7 Å². The van der Waals surface area contributed by atoms with Crippen molar-refractivity contribution in [2.24, 2.45) is 5.92 Å². The van der Waals surface area contributed by atoms with Gasteiger partial charge in [-0.15, -0.1) is 12.4 Å². The maximum absolute atomic E-state index is 3.30. The highest BCUT2D eigenvalue weighted by molar-refractivity contribution is 5.85.